The van der Waals surface area contributed by atoms with Gasteiger partial charge < -0.3 is 0 Å². The van der Waals surface area contributed by atoms with Gasteiger partial charge in [-0.05, 0) is 58.9 Å². The molecule has 0 N–H and O–H groups in total. The van der Waals surface area contributed by atoms with E-state index in [1.807, 2.05) is 6.20 Å². The molecule has 100 valence electrons. The van der Waals surface area contributed by atoms with E-state index in [0.29, 0.717) is 24.5 Å². The molecular weight excluding hydrogens is 370 g/mol. The van der Waals surface area contributed by atoms with Gasteiger partial charge in [-0.3, -0.25) is 4.79 Å². The summed E-state index contributed by atoms with van der Waals surface area (Å²) >= 11 is 2.36. The molecule has 2 aromatic rings. The van der Waals surface area contributed by atoms with E-state index in [1.54, 1.807) is 0 Å². The van der Waals surface area contributed by atoms with Crippen LogP contribution < -0.4 is 0 Å². The number of benzene rings is 1. The molecule has 1 fully saturated rings. The van der Waals surface area contributed by atoms with Crippen LogP contribution in [-0.4, -0.2) is 15.3 Å². The zero-order valence-corrected chi connectivity index (χ0v) is 14.0. The number of aryl methyl sites for hydroxylation is 1. The van der Waals surface area contributed by atoms with E-state index in [4.69, 9.17) is 0 Å². The Labute approximate surface area is 127 Å². The van der Waals surface area contributed by atoms with Crippen molar-refractivity contribution in [3.8, 4) is 0 Å². The average molecular weight is 386 g/mol. The fourth-order valence-corrected chi connectivity index (χ4v) is 4.63. The summed E-state index contributed by atoms with van der Waals surface area (Å²) in [7, 11) is 0. The minimum atomic E-state index is 0.383. The monoisotopic (exact) mass is 386 g/mol. The van der Waals surface area contributed by atoms with E-state index in [0.717, 1.165) is 19.3 Å². The van der Waals surface area contributed by atoms with Crippen molar-refractivity contribution in [2.24, 2.45) is 0 Å². The van der Waals surface area contributed by atoms with Gasteiger partial charge in [-0.25, -0.2) is 4.45 Å². The molecule has 1 heterocycles. The first kappa shape index (κ1) is 13.5. The van der Waals surface area contributed by atoms with Crippen molar-refractivity contribution >= 4 is 45.1 Å². The molecule has 0 bridgehead atoms. The van der Waals surface area contributed by atoms with Crippen LogP contribution >= 0.6 is 28.4 Å². The Balaban J connectivity index is 2.17. The molecular formula is C14H16IN2OP. The third-order valence-corrected chi connectivity index (χ3v) is 5.83. The third-order valence-electron chi connectivity index (χ3n) is 3.96. The molecule has 0 aliphatic heterocycles. The maximum absolute atomic E-state index is 11.8. The van der Waals surface area contributed by atoms with Crippen LogP contribution in [0.5, 0.6) is 0 Å². The lowest BCUT2D eigenvalue weighted by Gasteiger charge is -2.24. The van der Waals surface area contributed by atoms with E-state index >= 15 is 0 Å². The normalized spacial score (nSPS) is 20.7. The number of rotatable bonds is 2. The van der Waals surface area contributed by atoms with Gasteiger partial charge in [0.15, 0.2) is 0 Å². The average Bonchev–Trinajstić information content (AvgIpc) is 2.81. The van der Waals surface area contributed by atoms with Crippen LogP contribution in [0.1, 0.15) is 42.7 Å². The van der Waals surface area contributed by atoms with E-state index in [9.17, 15) is 4.79 Å². The van der Waals surface area contributed by atoms with Gasteiger partial charge in [0.05, 0.1) is 18.1 Å². The number of nitrogens with zero attached hydrogens (tertiary/aromatic N) is 2. The number of ketones is 1. The Morgan fingerprint density at radius 3 is 3.05 bits per heavy atom. The molecule has 1 aromatic carbocycles. The standard InChI is InChI=1S/C14H16IN2OP/c1-9-5-6-11-8-16-17(19-15)14(11)13(9)10-3-2-4-12(18)7-10/h5-6,8,10,19H,2-4,7H2,1H3. The largest absolute Gasteiger partial charge is 0.300 e. The molecule has 2 atom stereocenters. The fourth-order valence-electron chi connectivity index (χ4n) is 3.09. The lowest BCUT2D eigenvalue weighted by atomic mass is 9.81. The molecule has 0 radical (unpaired) electrons. The predicted molar refractivity (Wildman–Crippen MR) is 88.4 cm³/mol. The highest BCUT2D eigenvalue weighted by atomic mass is 127. The summed E-state index contributed by atoms with van der Waals surface area (Å²) in [6.45, 7) is 2.15. The second-order valence-electron chi connectivity index (χ2n) is 5.21. The van der Waals surface area contributed by atoms with Gasteiger partial charge in [0.2, 0.25) is 0 Å². The summed E-state index contributed by atoms with van der Waals surface area (Å²) in [6.07, 6.45) is 6.16. The van der Waals surface area contributed by atoms with Crippen molar-refractivity contribution in [2.75, 3.05) is 0 Å². The van der Waals surface area contributed by atoms with Crippen LogP contribution in [0, 0.1) is 6.92 Å². The zero-order chi connectivity index (χ0) is 13.4. The van der Waals surface area contributed by atoms with Gasteiger partial charge in [-0.15, -0.1) is 0 Å². The molecule has 0 amide bonds. The first-order valence-corrected chi connectivity index (χ1v) is 10.6. The van der Waals surface area contributed by atoms with Crippen molar-refractivity contribution in [1.82, 2.24) is 9.55 Å². The minimum absolute atomic E-state index is 0.383. The molecule has 0 saturated heterocycles. The van der Waals surface area contributed by atoms with Crippen molar-refractivity contribution < 1.29 is 4.79 Å². The molecule has 19 heavy (non-hydrogen) atoms. The van der Waals surface area contributed by atoms with Crippen LogP contribution in [-0.2, 0) is 4.79 Å². The summed E-state index contributed by atoms with van der Waals surface area (Å²) in [5.74, 6) is 0.795. The lowest BCUT2D eigenvalue weighted by molar-refractivity contribution is -0.120. The molecule has 3 rings (SSSR count). The van der Waals surface area contributed by atoms with E-state index in [1.165, 1.54) is 22.0 Å². The number of aromatic nitrogens is 2. The molecule has 3 nitrogen and oxygen atoms in total. The second kappa shape index (κ2) is 5.49. The quantitative estimate of drug-likeness (QED) is 0.568. The van der Waals surface area contributed by atoms with Gasteiger partial charge in [0, 0.05) is 18.2 Å². The van der Waals surface area contributed by atoms with Gasteiger partial charge in [-0.1, -0.05) is 12.1 Å². The molecule has 1 aliphatic rings. The van der Waals surface area contributed by atoms with Crippen LogP contribution in [0.15, 0.2) is 18.3 Å². The summed E-state index contributed by atoms with van der Waals surface area (Å²) in [6, 6.07) is 4.30. The molecule has 5 heteroatoms. The molecule has 2 unspecified atom stereocenters. The number of hydrogen-bond donors (Lipinski definition) is 0. The summed E-state index contributed by atoms with van der Waals surface area (Å²) in [4.78, 5) is 11.8. The Bertz CT molecular complexity index is 638. The summed E-state index contributed by atoms with van der Waals surface area (Å²) in [5.41, 5.74) is 3.89. The third kappa shape index (κ3) is 2.45. The first-order valence-electron chi connectivity index (χ1n) is 6.56. The minimum Gasteiger partial charge on any atom is -0.300 e. The topological polar surface area (TPSA) is 34.9 Å². The SMILES string of the molecule is Cc1ccc2cnn(PI)c2c1C1CCCC(=O)C1. The predicted octanol–water partition coefficient (Wildman–Crippen LogP) is 4.36. The number of carbonyl (C=O) groups is 1. The number of Topliss-reactive ketones (excluding diaryl/α,β-unsaturated/α-hetero) is 1. The first-order chi connectivity index (χ1) is 9.20. The van der Waals surface area contributed by atoms with Gasteiger partial charge >= 0.3 is 0 Å². The van der Waals surface area contributed by atoms with Crippen molar-refractivity contribution in [1.29, 1.82) is 0 Å². The van der Waals surface area contributed by atoms with Gasteiger partial charge in [0.25, 0.3) is 0 Å². The number of fused-ring (bicyclic) bond motifs is 1. The Morgan fingerprint density at radius 1 is 1.47 bits per heavy atom. The highest BCUT2D eigenvalue weighted by Gasteiger charge is 2.25. The Hall–Kier alpha value is -0.480. The zero-order valence-electron chi connectivity index (χ0n) is 10.8. The Morgan fingerprint density at radius 2 is 2.32 bits per heavy atom. The second-order valence-corrected chi connectivity index (χ2v) is 7.25. The van der Waals surface area contributed by atoms with Crippen molar-refractivity contribution in [3.63, 3.8) is 0 Å². The van der Waals surface area contributed by atoms with Crippen LogP contribution in [0.25, 0.3) is 10.9 Å². The molecule has 1 aliphatic carbocycles. The highest BCUT2D eigenvalue weighted by Crippen LogP contribution is 2.39. The lowest BCUT2D eigenvalue weighted by Crippen LogP contribution is -2.15. The van der Waals surface area contributed by atoms with Crippen LogP contribution in [0.3, 0.4) is 0 Å². The van der Waals surface area contributed by atoms with Gasteiger partial charge in [0.1, 0.15) is 5.78 Å². The van der Waals surface area contributed by atoms with E-state index < -0.39 is 0 Å². The van der Waals surface area contributed by atoms with Crippen molar-refractivity contribution in [2.45, 2.75) is 38.5 Å². The van der Waals surface area contributed by atoms with Crippen molar-refractivity contribution in [3.05, 3.63) is 29.5 Å². The maximum Gasteiger partial charge on any atom is 0.133 e. The van der Waals surface area contributed by atoms with Crippen LogP contribution in [0.2, 0.25) is 0 Å². The molecule has 1 aromatic heterocycles. The maximum atomic E-state index is 11.8. The van der Waals surface area contributed by atoms with Gasteiger partial charge in [-0.2, -0.15) is 5.10 Å². The highest BCUT2D eigenvalue weighted by molar-refractivity contribution is 14.2. The fraction of sp³-hybridized carbons (Fsp3) is 0.429. The molecule has 0 spiro atoms. The summed E-state index contributed by atoms with van der Waals surface area (Å²) < 4.78 is 2.08. The molecule has 1 saturated carbocycles. The Kier molecular flexibility index (Phi) is 3.90. The number of halogens is 1. The van der Waals surface area contributed by atoms with E-state index in [-0.39, 0.29) is 0 Å². The summed E-state index contributed by atoms with van der Waals surface area (Å²) in [5, 5.41) is 5.66. The number of carbonyl (C=O) groups excluding carboxylic acids is 1. The smallest absolute Gasteiger partial charge is 0.133 e. The van der Waals surface area contributed by atoms with Crippen LogP contribution in [0.4, 0.5) is 0 Å². The number of hydrogen-bond acceptors (Lipinski definition) is 2. The van der Waals surface area contributed by atoms with E-state index in [2.05, 4.69) is 50.6 Å².